The third-order valence-corrected chi connectivity index (χ3v) is 3.63. The second-order valence-electron chi connectivity index (χ2n) is 5.41. The van der Waals surface area contributed by atoms with Crippen molar-refractivity contribution in [3.05, 3.63) is 34.4 Å². The number of benzene rings is 1. The van der Waals surface area contributed by atoms with E-state index in [4.69, 9.17) is 9.47 Å². The minimum absolute atomic E-state index is 0.0167. The highest BCUT2D eigenvalue weighted by molar-refractivity contribution is 5.88. The Labute approximate surface area is 149 Å². The number of amides is 2. The van der Waals surface area contributed by atoms with E-state index >= 15 is 0 Å². The molecule has 1 aromatic rings. The van der Waals surface area contributed by atoms with Gasteiger partial charge in [0.05, 0.1) is 11.5 Å². The zero-order valence-electron chi connectivity index (χ0n) is 14.3. The first-order chi connectivity index (χ1) is 12.5. The maximum Gasteiger partial charge on any atom is 0.409 e. The zero-order valence-corrected chi connectivity index (χ0v) is 14.3. The van der Waals surface area contributed by atoms with Gasteiger partial charge in [-0.15, -0.1) is 0 Å². The van der Waals surface area contributed by atoms with E-state index < -0.39 is 17.4 Å². The van der Waals surface area contributed by atoms with Gasteiger partial charge in [-0.3, -0.25) is 14.9 Å². The van der Waals surface area contributed by atoms with Crippen molar-refractivity contribution in [2.45, 2.75) is 19.8 Å². The van der Waals surface area contributed by atoms with Gasteiger partial charge in [0.25, 0.3) is 5.91 Å². The average Bonchev–Trinajstić information content (AvgIpc) is 2.65. The number of ether oxygens (including phenoxy) is 2. The number of nitrogens with one attached hydrogen (secondary N) is 1. The number of hydrazone groups is 1. The molecule has 0 radical (unpaired) electrons. The summed E-state index contributed by atoms with van der Waals surface area (Å²) in [6.45, 7) is 2.62. The summed E-state index contributed by atoms with van der Waals surface area (Å²) in [5.74, 6) is -0.508. The van der Waals surface area contributed by atoms with Gasteiger partial charge in [0.2, 0.25) is 0 Å². The van der Waals surface area contributed by atoms with E-state index in [1.165, 1.54) is 18.2 Å². The predicted octanol–water partition coefficient (Wildman–Crippen LogP) is 1.70. The van der Waals surface area contributed by atoms with Gasteiger partial charge in [0, 0.05) is 37.7 Å². The molecule has 1 N–H and O–H groups in total. The molecule has 1 aliphatic rings. The highest BCUT2D eigenvalue weighted by Crippen LogP contribution is 2.25. The van der Waals surface area contributed by atoms with Gasteiger partial charge in [-0.25, -0.2) is 10.2 Å². The van der Waals surface area contributed by atoms with Crippen LogP contribution >= 0.6 is 0 Å². The fraction of sp³-hybridized carbons (Fsp3) is 0.438. The van der Waals surface area contributed by atoms with Crippen molar-refractivity contribution in [2.75, 3.05) is 26.3 Å². The Morgan fingerprint density at radius 2 is 2.00 bits per heavy atom. The molecule has 1 heterocycles. The highest BCUT2D eigenvalue weighted by Gasteiger charge is 2.21. The van der Waals surface area contributed by atoms with Gasteiger partial charge in [0.1, 0.15) is 0 Å². The van der Waals surface area contributed by atoms with Crippen molar-refractivity contribution in [1.82, 2.24) is 10.3 Å². The minimum atomic E-state index is -0.579. The lowest BCUT2D eigenvalue weighted by atomic mass is 10.1. The van der Waals surface area contributed by atoms with Crippen LogP contribution in [-0.4, -0.2) is 53.8 Å². The van der Waals surface area contributed by atoms with Crippen LogP contribution in [0.2, 0.25) is 0 Å². The van der Waals surface area contributed by atoms with Crippen LogP contribution in [-0.2, 0) is 9.53 Å². The second-order valence-corrected chi connectivity index (χ2v) is 5.41. The first kappa shape index (κ1) is 19.2. The second kappa shape index (κ2) is 9.35. The fourth-order valence-electron chi connectivity index (χ4n) is 2.32. The van der Waals surface area contributed by atoms with Crippen LogP contribution in [0.4, 0.5) is 10.5 Å². The first-order valence-electron chi connectivity index (χ1n) is 8.13. The summed E-state index contributed by atoms with van der Waals surface area (Å²) in [6, 6.07) is 5.81. The molecule has 0 unspecified atom stereocenters. The van der Waals surface area contributed by atoms with Crippen molar-refractivity contribution in [3.63, 3.8) is 0 Å². The van der Waals surface area contributed by atoms with Crippen molar-refractivity contribution < 1.29 is 24.0 Å². The summed E-state index contributed by atoms with van der Waals surface area (Å²) in [5.41, 5.74) is 2.90. The van der Waals surface area contributed by atoms with Crippen LogP contribution in [0.3, 0.4) is 0 Å². The van der Waals surface area contributed by atoms with Crippen molar-refractivity contribution >= 4 is 23.4 Å². The Morgan fingerprint density at radius 3 is 2.65 bits per heavy atom. The third kappa shape index (κ3) is 5.43. The lowest BCUT2D eigenvalue weighted by molar-refractivity contribution is -0.385. The third-order valence-electron chi connectivity index (χ3n) is 3.63. The molecule has 0 bridgehead atoms. The summed E-state index contributed by atoms with van der Waals surface area (Å²) < 4.78 is 10.1. The summed E-state index contributed by atoms with van der Waals surface area (Å²) in [4.78, 5) is 35.3. The van der Waals surface area contributed by atoms with E-state index in [-0.39, 0.29) is 17.5 Å². The molecule has 1 saturated heterocycles. The zero-order chi connectivity index (χ0) is 18.9. The number of nitro benzene ring substituents is 1. The molecule has 1 fully saturated rings. The van der Waals surface area contributed by atoms with Gasteiger partial charge in [-0.05, 0) is 13.0 Å². The lowest BCUT2D eigenvalue weighted by Gasteiger charge is -2.26. The lowest BCUT2D eigenvalue weighted by Crippen LogP contribution is -2.39. The molecule has 1 aromatic carbocycles. The van der Waals surface area contributed by atoms with Gasteiger partial charge < -0.3 is 14.4 Å². The van der Waals surface area contributed by atoms with Crippen LogP contribution in [0.15, 0.2) is 29.4 Å². The smallest absolute Gasteiger partial charge is 0.409 e. The normalized spacial score (nSPS) is 13.7. The SMILES string of the molecule is CCOC(=O)N1CCC(=NNC(=O)COc2ccccc2[N+](=O)[O-])CC1. The number of carbonyl (C=O) groups excluding carboxylic acids is 2. The number of likely N-dealkylation sites (tertiary alicyclic amines) is 1. The largest absolute Gasteiger partial charge is 0.477 e. The molecule has 0 aromatic heterocycles. The molecule has 10 nitrogen and oxygen atoms in total. The number of para-hydroxylation sites is 2. The Bertz CT molecular complexity index is 696. The van der Waals surface area contributed by atoms with Crippen LogP contribution in [0, 0.1) is 10.1 Å². The quantitative estimate of drug-likeness (QED) is 0.605. The van der Waals surface area contributed by atoms with E-state index in [0.717, 1.165) is 5.71 Å². The Hall–Kier alpha value is -3.17. The maximum absolute atomic E-state index is 11.8. The van der Waals surface area contributed by atoms with Crippen LogP contribution in [0.5, 0.6) is 5.75 Å². The number of carbonyl (C=O) groups is 2. The van der Waals surface area contributed by atoms with Gasteiger partial charge in [-0.2, -0.15) is 5.10 Å². The summed E-state index contributed by atoms with van der Waals surface area (Å²) in [6.07, 6.45) is 0.710. The molecular formula is C16H20N4O6. The predicted molar refractivity (Wildman–Crippen MR) is 92.0 cm³/mol. The van der Waals surface area contributed by atoms with Gasteiger partial charge in [-0.1, -0.05) is 12.1 Å². The fourth-order valence-corrected chi connectivity index (χ4v) is 2.32. The highest BCUT2D eigenvalue weighted by atomic mass is 16.6. The summed E-state index contributed by atoms with van der Waals surface area (Å²) >= 11 is 0. The van der Waals surface area contributed by atoms with E-state index in [2.05, 4.69) is 10.5 Å². The summed E-state index contributed by atoms with van der Waals surface area (Å²) in [5, 5.41) is 14.9. The molecule has 0 spiro atoms. The Morgan fingerprint density at radius 1 is 1.31 bits per heavy atom. The molecule has 0 aliphatic carbocycles. The standard InChI is InChI=1S/C16H20N4O6/c1-2-25-16(22)19-9-7-12(8-10-19)17-18-15(21)11-26-14-6-4-3-5-13(14)20(23)24/h3-6H,2,7-11H2,1H3,(H,18,21). The number of hydrogen-bond acceptors (Lipinski definition) is 7. The topological polar surface area (TPSA) is 123 Å². The maximum atomic E-state index is 11.8. The molecule has 2 amide bonds. The van der Waals surface area contributed by atoms with Gasteiger partial charge in [0.15, 0.2) is 12.4 Å². The van der Waals surface area contributed by atoms with Crippen LogP contribution in [0.1, 0.15) is 19.8 Å². The molecule has 10 heteroatoms. The Balaban J connectivity index is 1.78. The minimum Gasteiger partial charge on any atom is -0.477 e. The average molecular weight is 364 g/mol. The Kier molecular flexibility index (Phi) is 6.89. The van der Waals surface area contributed by atoms with Crippen LogP contribution in [0.25, 0.3) is 0 Å². The molecule has 0 atom stereocenters. The molecule has 140 valence electrons. The number of piperidine rings is 1. The van der Waals surface area contributed by atoms with E-state index in [9.17, 15) is 19.7 Å². The van der Waals surface area contributed by atoms with Crippen LogP contribution < -0.4 is 10.2 Å². The van der Waals surface area contributed by atoms with Crippen molar-refractivity contribution in [3.8, 4) is 5.75 Å². The molecule has 1 aliphatic heterocycles. The molecule has 0 saturated carbocycles. The van der Waals surface area contributed by atoms with Crippen molar-refractivity contribution in [1.29, 1.82) is 0 Å². The van der Waals surface area contributed by atoms with E-state index in [0.29, 0.717) is 32.5 Å². The molecular weight excluding hydrogens is 344 g/mol. The first-order valence-corrected chi connectivity index (χ1v) is 8.13. The number of nitrogens with zero attached hydrogens (tertiary/aromatic N) is 3. The van der Waals surface area contributed by atoms with Crippen molar-refractivity contribution in [2.24, 2.45) is 5.10 Å². The molecule has 2 rings (SSSR count). The monoisotopic (exact) mass is 364 g/mol. The number of hydrogen-bond donors (Lipinski definition) is 1. The van der Waals surface area contributed by atoms with E-state index in [1.54, 1.807) is 17.9 Å². The number of rotatable bonds is 6. The number of nitro groups is 1. The molecule has 26 heavy (non-hydrogen) atoms. The van der Waals surface area contributed by atoms with E-state index in [1.807, 2.05) is 0 Å². The van der Waals surface area contributed by atoms with Gasteiger partial charge >= 0.3 is 11.8 Å². The summed E-state index contributed by atoms with van der Waals surface area (Å²) in [7, 11) is 0.